The molecule has 2 rings (SSSR count). The lowest BCUT2D eigenvalue weighted by Gasteiger charge is -2.03. The molecule has 0 atom stereocenters. The summed E-state index contributed by atoms with van der Waals surface area (Å²) in [5.41, 5.74) is 6.02. The van der Waals surface area contributed by atoms with Gasteiger partial charge < -0.3 is 5.73 Å². The first kappa shape index (κ1) is 11.5. The van der Waals surface area contributed by atoms with Crippen LogP contribution in [0.1, 0.15) is 0 Å². The minimum Gasteiger partial charge on any atom is -0.399 e. The molecule has 0 bridgehead atoms. The van der Waals surface area contributed by atoms with Crippen LogP contribution in [0.3, 0.4) is 0 Å². The second-order valence-corrected chi connectivity index (χ2v) is 5.34. The molecule has 0 fully saturated rings. The summed E-state index contributed by atoms with van der Waals surface area (Å²) in [6.07, 6.45) is 0. The van der Waals surface area contributed by atoms with Gasteiger partial charge in [0.2, 0.25) is 0 Å². The van der Waals surface area contributed by atoms with Crippen LogP contribution in [0.5, 0.6) is 0 Å². The number of nitrogens with two attached hydrogens (primary N) is 1. The molecule has 2 aromatic rings. The first-order valence-corrected chi connectivity index (χ1v) is 6.24. The van der Waals surface area contributed by atoms with Crippen LogP contribution in [0.2, 0.25) is 0 Å². The summed E-state index contributed by atoms with van der Waals surface area (Å²) < 4.78 is 14.1. The summed E-state index contributed by atoms with van der Waals surface area (Å²) in [7, 11) is 0. The monoisotopic (exact) mass is 297 g/mol. The Morgan fingerprint density at radius 2 is 1.88 bits per heavy atom. The van der Waals surface area contributed by atoms with Gasteiger partial charge in [-0.2, -0.15) is 0 Å². The molecular formula is C12H9BrFNS. The van der Waals surface area contributed by atoms with E-state index in [1.165, 1.54) is 23.9 Å². The molecule has 0 unspecified atom stereocenters. The number of halogens is 2. The van der Waals surface area contributed by atoms with E-state index in [0.717, 1.165) is 14.3 Å². The summed E-state index contributed by atoms with van der Waals surface area (Å²) in [6.45, 7) is 0. The lowest BCUT2D eigenvalue weighted by atomic mass is 10.3. The molecule has 0 spiro atoms. The van der Waals surface area contributed by atoms with Crippen molar-refractivity contribution in [2.45, 2.75) is 9.79 Å². The Labute approximate surface area is 106 Å². The zero-order valence-electron chi connectivity index (χ0n) is 8.28. The van der Waals surface area contributed by atoms with Gasteiger partial charge in [0, 0.05) is 20.0 Å². The van der Waals surface area contributed by atoms with Gasteiger partial charge in [0.1, 0.15) is 5.82 Å². The van der Waals surface area contributed by atoms with Crippen LogP contribution < -0.4 is 5.73 Å². The van der Waals surface area contributed by atoms with Crippen LogP contribution in [-0.4, -0.2) is 0 Å². The van der Waals surface area contributed by atoms with Crippen molar-refractivity contribution < 1.29 is 4.39 Å². The number of nitrogen functional groups attached to an aromatic ring is 1. The molecule has 0 aliphatic rings. The Kier molecular flexibility index (Phi) is 3.51. The van der Waals surface area contributed by atoms with Crippen LogP contribution in [-0.2, 0) is 0 Å². The number of hydrogen-bond donors (Lipinski definition) is 1. The molecule has 0 aliphatic carbocycles. The fraction of sp³-hybridized carbons (Fsp3) is 0. The maximum atomic E-state index is 13.1. The average molecular weight is 298 g/mol. The zero-order valence-corrected chi connectivity index (χ0v) is 10.7. The predicted octanol–water partition coefficient (Wildman–Crippen LogP) is 4.32. The molecule has 0 amide bonds. The first-order valence-electron chi connectivity index (χ1n) is 4.63. The van der Waals surface area contributed by atoms with Crippen molar-refractivity contribution in [3.05, 3.63) is 52.8 Å². The fourth-order valence-electron chi connectivity index (χ4n) is 1.31. The number of rotatable bonds is 2. The van der Waals surface area contributed by atoms with Crippen LogP contribution in [0, 0.1) is 5.82 Å². The minimum absolute atomic E-state index is 0.308. The van der Waals surface area contributed by atoms with Crippen LogP contribution in [0.15, 0.2) is 56.7 Å². The van der Waals surface area contributed by atoms with Gasteiger partial charge in [0.05, 0.1) is 0 Å². The molecule has 2 N–H and O–H groups in total. The standard InChI is InChI=1S/C12H9BrFNS/c13-8-2-1-3-11(4-8)16-12-6-9(14)5-10(15)7-12/h1-7H,15H2. The van der Waals surface area contributed by atoms with E-state index in [2.05, 4.69) is 15.9 Å². The molecular weight excluding hydrogens is 289 g/mol. The molecule has 0 aromatic heterocycles. The average Bonchev–Trinajstić information content (AvgIpc) is 2.15. The molecule has 0 aliphatic heterocycles. The van der Waals surface area contributed by atoms with E-state index in [-0.39, 0.29) is 5.82 Å². The highest BCUT2D eigenvalue weighted by atomic mass is 79.9. The zero-order chi connectivity index (χ0) is 11.5. The van der Waals surface area contributed by atoms with E-state index in [1.807, 2.05) is 24.3 Å². The third kappa shape index (κ3) is 3.00. The number of hydrogen-bond acceptors (Lipinski definition) is 2. The highest BCUT2D eigenvalue weighted by molar-refractivity contribution is 9.10. The van der Waals surface area contributed by atoms with E-state index in [1.54, 1.807) is 6.07 Å². The van der Waals surface area contributed by atoms with Crippen LogP contribution in [0.4, 0.5) is 10.1 Å². The molecule has 0 heterocycles. The molecule has 16 heavy (non-hydrogen) atoms. The summed E-state index contributed by atoms with van der Waals surface area (Å²) in [5, 5.41) is 0. The number of benzene rings is 2. The third-order valence-corrected chi connectivity index (χ3v) is 3.38. The van der Waals surface area contributed by atoms with E-state index >= 15 is 0 Å². The van der Waals surface area contributed by atoms with E-state index in [4.69, 9.17) is 5.73 Å². The molecule has 82 valence electrons. The lowest BCUT2D eigenvalue weighted by molar-refractivity contribution is 0.625. The normalized spacial score (nSPS) is 10.4. The quantitative estimate of drug-likeness (QED) is 0.836. The highest BCUT2D eigenvalue weighted by Crippen LogP contribution is 2.30. The molecule has 1 nitrogen and oxygen atoms in total. The van der Waals surface area contributed by atoms with Crippen molar-refractivity contribution in [1.29, 1.82) is 0 Å². The second-order valence-electron chi connectivity index (χ2n) is 3.28. The Balaban J connectivity index is 2.27. The van der Waals surface area contributed by atoms with Gasteiger partial charge in [-0.15, -0.1) is 0 Å². The molecule has 0 saturated heterocycles. The third-order valence-electron chi connectivity index (χ3n) is 1.93. The van der Waals surface area contributed by atoms with Gasteiger partial charge in [0.25, 0.3) is 0 Å². The van der Waals surface area contributed by atoms with E-state index in [9.17, 15) is 4.39 Å². The molecule has 0 radical (unpaired) electrons. The van der Waals surface area contributed by atoms with Crippen molar-refractivity contribution >= 4 is 33.4 Å². The van der Waals surface area contributed by atoms with Crippen LogP contribution in [0.25, 0.3) is 0 Å². The van der Waals surface area contributed by atoms with Crippen molar-refractivity contribution in [2.75, 3.05) is 5.73 Å². The maximum absolute atomic E-state index is 13.1. The maximum Gasteiger partial charge on any atom is 0.126 e. The molecule has 2 aromatic carbocycles. The summed E-state index contributed by atoms with van der Waals surface area (Å²) in [4.78, 5) is 1.84. The van der Waals surface area contributed by atoms with Crippen molar-refractivity contribution in [3.63, 3.8) is 0 Å². The fourth-order valence-corrected chi connectivity index (χ4v) is 2.83. The molecule has 0 saturated carbocycles. The molecule has 4 heteroatoms. The summed E-state index contributed by atoms with van der Waals surface area (Å²) in [5.74, 6) is -0.308. The van der Waals surface area contributed by atoms with Gasteiger partial charge >= 0.3 is 0 Å². The minimum atomic E-state index is -0.308. The van der Waals surface area contributed by atoms with Crippen molar-refractivity contribution in [3.8, 4) is 0 Å². The largest absolute Gasteiger partial charge is 0.399 e. The van der Waals surface area contributed by atoms with Gasteiger partial charge in [-0.3, -0.25) is 0 Å². The van der Waals surface area contributed by atoms with Crippen molar-refractivity contribution in [2.24, 2.45) is 0 Å². The summed E-state index contributed by atoms with van der Waals surface area (Å²) >= 11 is 4.87. The Hall–Kier alpha value is -1.00. The number of anilines is 1. The smallest absolute Gasteiger partial charge is 0.126 e. The SMILES string of the molecule is Nc1cc(F)cc(Sc2cccc(Br)c2)c1. The van der Waals surface area contributed by atoms with Gasteiger partial charge in [0.15, 0.2) is 0 Å². The van der Waals surface area contributed by atoms with Gasteiger partial charge in [-0.05, 0) is 36.4 Å². The van der Waals surface area contributed by atoms with Crippen LogP contribution >= 0.6 is 27.7 Å². The van der Waals surface area contributed by atoms with Crippen molar-refractivity contribution in [1.82, 2.24) is 0 Å². The highest BCUT2D eigenvalue weighted by Gasteiger charge is 2.01. The Morgan fingerprint density at radius 3 is 2.56 bits per heavy atom. The predicted molar refractivity (Wildman–Crippen MR) is 69.1 cm³/mol. The Bertz CT molecular complexity index is 496. The van der Waals surface area contributed by atoms with Gasteiger partial charge in [-0.1, -0.05) is 33.8 Å². The lowest BCUT2D eigenvalue weighted by Crippen LogP contribution is -1.87. The van der Waals surface area contributed by atoms with E-state index < -0.39 is 0 Å². The topological polar surface area (TPSA) is 26.0 Å². The Morgan fingerprint density at radius 1 is 1.06 bits per heavy atom. The van der Waals surface area contributed by atoms with E-state index in [0.29, 0.717) is 5.69 Å². The van der Waals surface area contributed by atoms with Gasteiger partial charge in [-0.25, -0.2) is 4.39 Å². The first-order chi connectivity index (χ1) is 7.63. The second kappa shape index (κ2) is 4.89. The summed E-state index contributed by atoms with van der Waals surface area (Å²) in [6, 6.07) is 12.4.